The van der Waals surface area contributed by atoms with Crippen molar-refractivity contribution < 1.29 is 19.5 Å². The van der Waals surface area contributed by atoms with Crippen LogP contribution < -0.4 is 0 Å². The van der Waals surface area contributed by atoms with Gasteiger partial charge in [0.05, 0.1) is 30.7 Å². The average Bonchev–Trinajstić information content (AvgIpc) is 3.12. The molecule has 0 radical (unpaired) electrons. The summed E-state index contributed by atoms with van der Waals surface area (Å²) in [5.41, 5.74) is 2.55. The van der Waals surface area contributed by atoms with E-state index in [9.17, 15) is 14.4 Å². The summed E-state index contributed by atoms with van der Waals surface area (Å²) in [5, 5.41) is 8.85. The number of amides is 2. The highest BCUT2D eigenvalue weighted by Gasteiger charge is 2.37. The highest BCUT2D eigenvalue weighted by molar-refractivity contribution is 5.89. The number of nitrogens with zero attached hydrogens (tertiary/aromatic N) is 3. The van der Waals surface area contributed by atoms with Crippen LogP contribution in [-0.4, -0.2) is 55.7 Å². The number of nitrogens with one attached hydrogen (secondary N) is 1. The van der Waals surface area contributed by atoms with Gasteiger partial charge in [-0.25, -0.2) is 4.98 Å². The third-order valence-corrected chi connectivity index (χ3v) is 4.70. The second-order valence-corrected chi connectivity index (χ2v) is 6.64. The minimum absolute atomic E-state index is 0.134. The maximum Gasteiger partial charge on any atom is 0.303 e. The SMILES string of the molecule is CN(Cc1ccccc1)C(=O)[C@@H]1Cc2nc[nH]c2CN1C(=O)CCC(=O)O. The summed E-state index contributed by atoms with van der Waals surface area (Å²) in [5.74, 6) is -1.56. The van der Waals surface area contributed by atoms with E-state index in [2.05, 4.69) is 9.97 Å². The van der Waals surface area contributed by atoms with Crippen molar-refractivity contribution in [3.8, 4) is 0 Å². The predicted octanol–water partition coefficient (Wildman–Crippen LogP) is 1.19. The summed E-state index contributed by atoms with van der Waals surface area (Å²) in [6.45, 7) is 0.657. The first-order valence-corrected chi connectivity index (χ1v) is 8.77. The highest BCUT2D eigenvalue weighted by atomic mass is 16.4. The molecule has 1 atom stereocenters. The third kappa shape index (κ3) is 4.33. The fourth-order valence-electron chi connectivity index (χ4n) is 3.27. The number of carboxylic acids is 1. The van der Waals surface area contributed by atoms with E-state index in [0.29, 0.717) is 13.0 Å². The Morgan fingerprint density at radius 3 is 2.70 bits per heavy atom. The average molecular weight is 370 g/mol. The van der Waals surface area contributed by atoms with Crippen LogP contribution in [0.2, 0.25) is 0 Å². The van der Waals surface area contributed by atoms with E-state index in [1.54, 1.807) is 18.3 Å². The van der Waals surface area contributed by atoms with Crippen LogP contribution in [0.5, 0.6) is 0 Å². The number of carbonyl (C=O) groups is 3. The fraction of sp³-hybridized carbons (Fsp3) is 0.368. The molecule has 142 valence electrons. The number of rotatable bonds is 6. The molecule has 1 aliphatic rings. The summed E-state index contributed by atoms with van der Waals surface area (Å²) in [6.07, 6.45) is 1.47. The summed E-state index contributed by atoms with van der Waals surface area (Å²) in [6, 6.07) is 8.92. The van der Waals surface area contributed by atoms with E-state index in [1.807, 2.05) is 30.3 Å². The normalized spacial score (nSPS) is 15.9. The van der Waals surface area contributed by atoms with Gasteiger partial charge in [-0.2, -0.15) is 0 Å². The molecule has 1 aromatic carbocycles. The van der Waals surface area contributed by atoms with Crippen LogP contribution in [0.1, 0.15) is 29.8 Å². The number of hydrogen-bond donors (Lipinski definition) is 2. The lowest BCUT2D eigenvalue weighted by Crippen LogP contribution is -2.52. The number of benzene rings is 1. The predicted molar refractivity (Wildman–Crippen MR) is 96.4 cm³/mol. The first-order chi connectivity index (χ1) is 13.0. The second-order valence-electron chi connectivity index (χ2n) is 6.64. The Balaban J connectivity index is 1.77. The van der Waals surface area contributed by atoms with Gasteiger partial charge < -0.3 is 19.9 Å². The van der Waals surface area contributed by atoms with Crippen molar-refractivity contribution in [3.05, 3.63) is 53.6 Å². The molecule has 0 saturated heterocycles. The van der Waals surface area contributed by atoms with Crippen LogP contribution in [0.15, 0.2) is 36.7 Å². The summed E-state index contributed by atoms with van der Waals surface area (Å²) < 4.78 is 0. The highest BCUT2D eigenvalue weighted by Crippen LogP contribution is 2.23. The molecule has 0 spiro atoms. The number of likely N-dealkylation sites (N-methyl/N-ethyl adjacent to an activating group) is 1. The zero-order chi connectivity index (χ0) is 19.4. The molecule has 0 aliphatic carbocycles. The molecular formula is C19H22N4O4. The van der Waals surface area contributed by atoms with Crippen molar-refractivity contribution in [3.63, 3.8) is 0 Å². The number of aliphatic carboxylic acids is 1. The number of carboxylic acid groups (broad SMARTS) is 1. The van der Waals surface area contributed by atoms with Gasteiger partial charge in [-0.15, -0.1) is 0 Å². The molecule has 0 unspecified atom stereocenters. The standard InChI is InChI=1S/C19H22N4O4/c1-22(10-13-5-3-2-4-6-13)19(27)16-9-14-15(21-12-20-14)11-23(16)17(24)7-8-18(25)26/h2-6,12,16H,7-11H2,1H3,(H,20,21)(H,25,26)/t16-/m0/s1. The van der Waals surface area contributed by atoms with Crippen LogP contribution in [0.4, 0.5) is 0 Å². The fourth-order valence-corrected chi connectivity index (χ4v) is 3.27. The quantitative estimate of drug-likeness (QED) is 0.794. The van der Waals surface area contributed by atoms with Crippen molar-refractivity contribution >= 4 is 17.8 Å². The van der Waals surface area contributed by atoms with E-state index >= 15 is 0 Å². The number of imidazole rings is 1. The van der Waals surface area contributed by atoms with Gasteiger partial charge in [0.1, 0.15) is 6.04 Å². The molecule has 8 nitrogen and oxygen atoms in total. The van der Waals surface area contributed by atoms with Crippen molar-refractivity contribution in [1.82, 2.24) is 19.8 Å². The summed E-state index contributed by atoms with van der Waals surface area (Å²) in [4.78, 5) is 46.8. The Morgan fingerprint density at radius 1 is 1.26 bits per heavy atom. The van der Waals surface area contributed by atoms with Gasteiger partial charge in [-0.3, -0.25) is 14.4 Å². The molecular weight excluding hydrogens is 348 g/mol. The number of aromatic amines is 1. The number of aromatic nitrogens is 2. The van der Waals surface area contributed by atoms with Crippen LogP contribution in [0.3, 0.4) is 0 Å². The van der Waals surface area contributed by atoms with Gasteiger partial charge in [0, 0.05) is 26.4 Å². The van der Waals surface area contributed by atoms with Gasteiger partial charge in [0.15, 0.2) is 0 Å². The first kappa shape index (κ1) is 18.6. The number of hydrogen-bond acceptors (Lipinski definition) is 4. The number of carbonyl (C=O) groups excluding carboxylic acids is 2. The van der Waals surface area contributed by atoms with Gasteiger partial charge in [0.2, 0.25) is 11.8 Å². The number of fused-ring (bicyclic) bond motifs is 1. The van der Waals surface area contributed by atoms with Crippen molar-refractivity contribution in [2.45, 2.75) is 38.4 Å². The summed E-state index contributed by atoms with van der Waals surface area (Å²) >= 11 is 0. The van der Waals surface area contributed by atoms with Gasteiger partial charge in [-0.1, -0.05) is 30.3 Å². The van der Waals surface area contributed by atoms with Crippen LogP contribution in [-0.2, 0) is 33.9 Å². The van der Waals surface area contributed by atoms with Crippen molar-refractivity contribution in [1.29, 1.82) is 0 Å². The van der Waals surface area contributed by atoms with E-state index in [4.69, 9.17) is 5.11 Å². The molecule has 2 N–H and O–H groups in total. The maximum atomic E-state index is 13.1. The zero-order valence-corrected chi connectivity index (χ0v) is 15.1. The van der Waals surface area contributed by atoms with Gasteiger partial charge in [0.25, 0.3) is 0 Å². The molecule has 2 amide bonds. The monoisotopic (exact) mass is 370 g/mol. The molecule has 0 saturated carbocycles. The second kappa shape index (κ2) is 8.03. The number of H-pyrrole nitrogens is 1. The largest absolute Gasteiger partial charge is 0.481 e. The van der Waals surface area contributed by atoms with Crippen molar-refractivity contribution in [2.75, 3.05) is 7.05 Å². The lowest BCUT2D eigenvalue weighted by atomic mass is 10.00. The van der Waals surface area contributed by atoms with Crippen LogP contribution in [0.25, 0.3) is 0 Å². The molecule has 2 aromatic rings. The van der Waals surface area contributed by atoms with Gasteiger partial charge in [-0.05, 0) is 5.56 Å². The van der Waals surface area contributed by atoms with Crippen LogP contribution in [0, 0.1) is 0 Å². The molecule has 3 rings (SSSR count). The Morgan fingerprint density at radius 2 is 2.00 bits per heavy atom. The topological polar surface area (TPSA) is 107 Å². The molecule has 0 bridgehead atoms. The zero-order valence-electron chi connectivity index (χ0n) is 15.1. The smallest absolute Gasteiger partial charge is 0.303 e. The van der Waals surface area contributed by atoms with Crippen molar-refractivity contribution in [2.24, 2.45) is 0 Å². The Kier molecular flexibility index (Phi) is 5.54. The maximum absolute atomic E-state index is 13.1. The minimum Gasteiger partial charge on any atom is -0.481 e. The molecule has 2 heterocycles. The molecule has 0 fully saturated rings. The summed E-state index contributed by atoms with van der Waals surface area (Å²) in [7, 11) is 1.70. The van der Waals surface area contributed by atoms with E-state index < -0.39 is 12.0 Å². The van der Waals surface area contributed by atoms with E-state index in [-0.39, 0.29) is 31.2 Å². The van der Waals surface area contributed by atoms with Crippen LogP contribution >= 0.6 is 0 Å². The third-order valence-electron chi connectivity index (χ3n) is 4.70. The Bertz CT molecular complexity index is 833. The lowest BCUT2D eigenvalue weighted by Gasteiger charge is -2.36. The molecule has 1 aromatic heterocycles. The minimum atomic E-state index is -1.04. The Labute approximate surface area is 156 Å². The lowest BCUT2D eigenvalue weighted by molar-refractivity contribution is -0.148. The molecule has 1 aliphatic heterocycles. The van der Waals surface area contributed by atoms with Gasteiger partial charge >= 0.3 is 5.97 Å². The molecule has 27 heavy (non-hydrogen) atoms. The van der Waals surface area contributed by atoms with E-state index in [1.165, 1.54) is 4.90 Å². The Hall–Kier alpha value is -3.16. The first-order valence-electron chi connectivity index (χ1n) is 8.77. The molecule has 8 heteroatoms. The van der Waals surface area contributed by atoms with E-state index in [0.717, 1.165) is 17.0 Å².